The monoisotopic (exact) mass is 237 g/mol. The topological polar surface area (TPSA) is 49.6 Å². The maximum atomic E-state index is 12.3. The van der Waals surface area contributed by atoms with Crippen LogP contribution in [0.3, 0.4) is 0 Å². The van der Waals surface area contributed by atoms with Gasteiger partial charge < -0.3 is 10.6 Å². The summed E-state index contributed by atoms with van der Waals surface area (Å²) in [7, 11) is 0. The van der Waals surface area contributed by atoms with Gasteiger partial charge in [0.05, 0.1) is 5.41 Å². The Morgan fingerprint density at radius 1 is 1.24 bits per heavy atom. The highest BCUT2D eigenvalue weighted by Gasteiger charge is 2.51. The van der Waals surface area contributed by atoms with Gasteiger partial charge in [0.15, 0.2) is 0 Å². The van der Waals surface area contributed by atoms with Gasteiger partial charge in [-0.25, -0.2) is 0 Å². The molecule has 1 unspecified atom stereocenters. The van der Waals surface area contributed by atoms with E-state index in [1.54, 1.807) is 0 Å². The second kappa shape index (κ2) is 4.25. The van der Waals surface area contributed by atoms with Gasteiger partial charge in [0.1, 0.15) is 0 Å². The molecule has 0 aromatic heterocycles. The second-order valence-electron chi connectivity index (χ2n) is 5.92. The zero-order chi connectivity index (χ0) is 11.9. The molecule has 0 bridgehead atoms. The molecule has 0 radical (unpaired) electrons. The molecular formula is C13H23N3O. The fourth-order valence-corrected chi connectivity index (χ4v) is 3.32. The van der Waals surface area contributed by atoms with E-state index < -0.39 is 0 Å². The van der Waals surface area contributed by atoms with Gasteiger partial charge in [0, 0.05) is 25.7 Å². The number of carbonyl (C=O) groups is 1. The first-order valence-corrected chi connectivity index (χ1v) is 6.99. The van der Waals surface area contributed by atoms with Crippen LogP contribution in [0.25, 0.3) is 0 Å². The summed E-state index contributed by atoms with van der Waals surface area (Å²) < 4.78 is 0. The third kappa shape index (κ3) is 1.97. The van der Waals surface area contributed by atoms with E-state index in [1.165, 1.54) is 25.9 Å². The zero-order valence-corrected chi connectivity index (χ0v) is 10.5. The molecule has 0 aromatic rings. The van der Waals surface area contributed by atoms with Crippen molar-refractivity contribution in [2.45, 2.75) is 38.1 Å². The summed E-state index contributed by atoms with van der Waals surface area (Å²) in [5, 5.41) is 0. The number of likely N-dealkylation sites (tertiary alicyclic amines) is 2. The van der Waals surface area contributed by atoms with Crippen molar-refractivity contribution in [2.24, 2.45) is 11.1 Å². The Morgan fingerprint density at radius 3 is 2.53 bits per heavy atom. The van der Waals surface area contributed by atoms with E-state index in [4.69, 9.17) is 5.73 Å². The first kappa shape index (κ1) is 11.5. The third-order valence-corrected chi connectivity index (χ3v) is 4.81. The molecule has 3 rings (SSSR count). The van der Waals surface area contributed by atoms with Crippen LogP contribution in [0.1, 0.15) is 32.1 Å². The van der Waals surface area contributed by atoms with E-state index in [1.807, 2.05) is 0 Å². The van der Waals surface area contributed by atoms with Crippen molar-refractivity contribution in [3.05, 3.63) is 0 Å². The summed E-state index contributed by atoms with van der Waals surface area (Å²) in [6, 6.07) is 0.620. The van der Waals surface area contributed by atoms with Crippen LogP contribution in [0.4, 0.5) is 0 Å². The predicted molar refractivity (Wildman–Crippen MR) is 66.5 cm³/mol. The van der Waals surface area contributed by atoms with Crippen molar-refractivity contribution in [1.82, 2.24) is 9.80 Å². The number of nitrogens with two attached hydrogens (primary N) is 1. The van der Waals surface area contributed by atoms with Crippen molar-refractivity contribution >= 4 is 5.91 Å². The van der Waals surface area contributed by atoms with Gasteiger partial charge in [0.25, 0.3) is 0 Å². The van der Waals surface area contributed by atoms with Crippen LogP contribution in [0.2, 0.25) is 0 Å². The lowest BCUT2D eigenvalue weighted by Crippen LogP contribution is -2.41. The molecule has 1 saturated carbocycles. The van der Waals surface area contributed by atoms with Gasteiger partial charge in [-0.2, -0.15) is 0 Å². The van der Waals surface area contributed by atoms with E-state index in [0.717, 1.165) is 32.4 Å². The summed E-state index contributed by atoms with van der Waals surface area (Å²) in [6.45, 7) is 4.89. The van der Waals surface area contributed by atoms with Gasteiger partial charge in [-0.15, -0.1) is 0 Å². The van der Waals surface area contributed by atoms with Gasteiger partial charge in [-0.1, -0.05) is 0 Å². The molecule has 2 aliphatic heterocycles. The number of carbonyl (C=O) groups excluding carboxylic acids is 1. The minimum Gasteiger partial charge on any atom is -0.341 e. The number of hydrogen-bond acceptors (Lipinski definition) is 3. The van der Waals surface area contributed by atoms with E-state index in [0.29, 0.717) is 18.5 Å². The first-order chi connectivity index (χ1) is 8.25. The third-order valence-electron chi connectivity index (χ3n) is 4.81. The van der Waals surface area contributed by atoms with Gasteiger partial charge in [-0.3, -0.25) is 9.69 Å². The molecule has 17 heavy (non-hydrogen) atoms. The van der Waals surface area contributed by atoms with Crippen molar-refractivity contribution in [3.8, 4) is 0 Å². The van der Waals surface area contributed by atoms with Gasteiger partial charge >= 0.3 is 0 Å². The van der Waals surface area contributed by atoms with Crippen molar-refractivity contribution < 1.29 is 4.79 Å². The number of nitrogens with zero attached hydrogens (tertiary/aromatic N) is 2. The molecule has 96 valence electrons. The van der Waals surface area contributed by atoms with Crippen LogP contribution in [-0.4, -0.2) is 54.5 Å². The normalized spacial score (nSPS) is 32.1. The van der Waals surface area contributed by atoms with E-state index in [-0.39, 0.29) is 5.41 Å². The fourth-order valence-electron chi connectivity index (χ4n) is 3.32. The molecule has 1 atom stereocenters. The molecule has 4 heteroatoms. The Hall–Kier alpha value is -0.610. The number of hydrogen-bond donors (Lipinski definition) is 1. The van der Waals surface area contributed by atoms with Crippen LogP contribution in [0, 0.1) is 5.41 Å². The average Bonchev–Trinajstić information content (AvgIpc) is 2.81. The molecule has 2 N–H and O–H groups in total. The van der Waals surface area contributed by atoms with Crippen LogP contribution >= 0.6 is 0 Å². The molecular weight excluding hydrogens is 214 g/mol. The number of amides is 1. The molecule has 2 saturated heterocycles. The summed E-state index contributed by atoms with van der Waals surface area (Å²) in [6.07, 6.45) is 5.83. The van der Waals surface area contributed by atoms with Crippen LogP contribution < -0.4 is 5.73 Å². The Morgan fingerprint density at radius 2 is 1.94 bits per heavy atom. The number of rotatable bonds is 3. The summed E-state index contributed by atoms with van der Waals surface area (Å²) >= 11 is 0. The molecule has 4 nitrogen and oxygen atoms in total. The molecule has 2 heterocycles. The zero-order valence-electron chi connectivity index (χ0n) is 10.5. The quantitative estimate of drug-likeness (QED) is 0.774. The van der Waals surface area contributed by atoms with Gasteiger partial charge in [-0.05, 0) is 45.2 Å². The minimum atomic E-state index is -0.153. The lowest BCUT2D eigenvalue weighted by Gasteiger charge is -2.25. The predicted octanol–water partition coefficient (Wildman–Crippen LogP) is 0.422. The molecule has 3 fully saturated rings. The maximum Gasteiger partial charge on any atom is 0.230 e. The highest BCUT2D eigenvalue weighted by molar-refractivity contribution is 5.86. The lowest BCUT2D eigenvalue weighted by molar-refractivity contribution is -0.135. The van der Waals surface area contributed by atoms with Crippen molar-refractivity contribution in [1.29, 1.82) is 0 Å². The van der Waals surface area contributed by atoms with Crippen LogP contribution in [0.5, 0.6) is 0 Å². The summed E-state index contributed by atoms with van der Waals surface area (Å²) in [5.74, 6) is 0.335. The Balaban J connectivity index is 1.58. The van der Waals surface area contributed by atoms with Crippen molar-refractivity contribution in [2.75, 3.05) is 32.7 Å². The molecule has 0 spiro atoms. The SMILES string of the molecule is NCC1(C(=O)N2CCC(N3CCCC3)C2)CC1. The van der Waals surface area contributed by atoms with Gasteiger partial charge in [0.2, 0.25) is 5.91 Å². The standard InChI is InChI=1S/C13H23N3O/c14-10-13(4-5-13)12(17)16-8-3-11(9-16)15-6-1-2-7-15/h11H,1-10,14H2. The smallest absolute Gasteiger partial charge is 0.230 e. The molecule has 1 aliphatic carbocycles. The summed E-state index contributed by atoms with van der Waals surface area (Å²) in [5.41, 5.74) is 5.58. The van der Waals surface area contributed by atoms with E-state index in [2.05, 4.69) is 9.80 Å². The van der Waals surface area contributed by atoms with Crippen molar-refractivity contribution in [3.63, 3.8) is 0 Å². The van der Waals surface area contributed by atoms with Crippen LogP contribution in [-0.2, 0) is 4.79 Å². The Kier molecular flexibility index (Phi) is 2.87. The maximum absolute atomic E-state index is 12.3. The Labute approximate surface area is 103 Å². The van der Waals surface area contributed by atoms with E-state index >= 15 is 0 Å². The minimum absolute atomic E-state index is 0.153. The highest BCUT2D eigenvalue weighted by Crippen LogP contribution is 2.46. The molecule has 1 amide bonds. The molecule has 0 aromatic carbocycles. The fraction of sp³-hybridized carbons (Fsp3) is 0.923. The lowest BCUT2D eigenvalue weighted by atomic mass is 10.1. The largest absolute Gasteiger partial charge is 0.341 e. The average molecular weight is 237 g/mol. The second-order valence-corrected chi connectivity index (χ2v) is 5.92. The van der Waals surface area contributed by atoms with Crippen LogP contribution in [0.15, 0.2) is 0 Å². The molecule has 3 aliphatic rings. The first-order valence-electron chi connectivity index (χ1n) is 6.99. The summed E-state index contributed by atoms with van der Waals surface area (Å²) in [4.78, 5) is 17.0. The Bertz CT molecular complexity index is 308. The van der Waals surface area contributed by atoms with E-state index in [9.17, 15) is 4.79 Å². The highest BCUT2D eigenvalue weighted by atomic mass is 16.2.